The van der Waals surface area contributed by atoms with Crippen LogP contribution in [-0.4, -0.2) is 35.7 Å². The van der Waals surface area contributed by atoms with Crippen molar-refractivity contribution in [2.45, 2.75) is 33.1 Å². The van der Waals surface area contributed by atoms with Crippen LogP contribution in [0.3, 0.4) is 0 Å². The van der Waals surface area contributed by atoms with Gasteiger partial charge in [-0.1, -0.05) is 32.0 Å². The predicted octanol–water partition coefficient (Wildman–Crippen LogP) is 3.56. The number of rotatable bonds is 10. The molecule has 9 heteroatoms. The number of hydrogen-bond donors (Lipinski definition) is 2. The van der Waals surface area contributed by atoms with Crippen LogP contribution in [0.4, 0.5) is 0 Å². The molecule has 0 saturated heterocycles. The van der Waals surface area contributed by atoms with Crippen LogP contribution in [0.5, 0.6) is 11.5 Å². The molecule has 0 atom stereocenters. The molecule has 0 spiro atoms. The molecule has 0 radical (unpaired) electrons. The first-order valence-electron chi connectivity index (χ1n) is 10.7. The highest BCUT2D eigenvalue weighted by atomic mass is 16.5. The van der Waals surface area contributed by atoms with Gasteiger partial charge >= 0.3 is 0 Å². The molecule has 0 unspecified atom stereocenters. The lowest BCUT2D eigenvalue weighted by Crippen LogP contribution is -2.41. The average molecular weight is 453 g/mol. The van der Waals surface area contributed by atoms with Crippen LogP contribution in [0.1, 0.15) is 42.9 Å². The second kappa shape index (κ2) is 11.7. The molecule has 0 bridgehead atoms. The Morgan fingerprint density at radius 1 is 1.03 bits per heavy atom. The Bertz CT molecular complexity index is 1070. The highest BCUT2D eigenvalue weighted by Crippen LogP contribution is 2.28. The van der Waals surface area contributed by atoms with E-state index in [1.54, 1.807) is 18.2 Å². The fourth-order valence-corrected chi connectivity index (χ4v) is 2.87. The summed E-state index contributed by atoms with van der Waals surface area (Å²) in [6.07, 6.45) is 1.23. The van der Waals surface area contributed by atoms with Crippen molar-refractivity contribution in [2.24, 2.45) is 5.92 Å². The molecule has 0 aliphatic heterocycles. The first-order chi connectivity index (χ1) is 16.0. The van der Waals surface area contributed by atoms with Gasteiger partial charge in [-0.3, -0.25) is 20.4 Å². The molecule has 0 aliphatic rings. The van der Waals surface area contributed by atoms with Gasteiger partial charge in [0, 0.05) is 24.0 Å². The van der Waals surface area contributed by atoms with Crippen LogP contribution in [-0.2, 0) is 11.2 Å². The summed E-state index contributed by atoms with van der Waals surface area (Å²) in [6, 6.07) is 14.2. The summed E-state index contributed by atoms with van der Waals surface area (Å²) in [6.45, 7) is 4.79. The number of hydrazine groups is 1. The van der Waals surface area contributed by atoms with E-state index in [2.05, 4.69) is 34.9 Å². The number of hydrogen-bond acceptors (Lipinski definition) is 7. The molecule has 174 valence electrons. The second-order valence-electron chi connectivity index (χ2n) is 7.77. The number of aryl methyl sites for hydroxylation is 1. The summed E-state index contributed by atoms with van der Waals surface area (Å²) in [5.41, 5.74) is 5.91. The quantitative estimate of drug-likeness (QED) is 0.452. The molecule has 0 fully saturated rings. The van der Waals surface area contributed by atoms with Crippen molar-refractivity contribution in [1.82, 2.24) is 21.0 Å². The van der Waals surface area contributed by atoms with Gasteiger partial charge in [-0.05, 0) is 42.7 Å². The van der Waals surface area contributed by atoms with Crippen LogP contribution >= 0.6 is 0 Å². The molecule has 2 amide bonds. The highest BCUT2D eigenvalue weighted by molar-refractivity contribution is 5.96. The van der Waals surface area contributed by atoms with E-state index in [0.717, 1.165) is 12.0 Å². The lowest BCUT2D eigenvalue weighted by atomic mass is 10.1. The normalized spacial score (nSPS) is 10.7. The van der Waals surface area contributed by atoms with Gasteiger partial charge in [0.15, 0.2) is 11.5 Å². The number of ether oxygens (including phenoxy) is 2. The summed E-state index contributed by atoms with van der Waals surface area (Å²) in [4.78, 5) is 24.5. The largest absolute Gasteiger partial charge is 0.493 e. The van der Waals surface area contributed by atoms with Crippen molar-refractivity contribution in [3.05, 3.63) is 60.0 Å². The number of nitrogens with one attached hydrogen (secondary N) is 2. The van der Waals surface area contributed by atoms with E-state index in [1.165, 1.54) is 7.11 Å². The van der Waals surface area contributed by atoms with Crippen molar-refractivity contribution >= 4 is 11.8 Å². The molecule has 3 rings (SSSR count). The molecule has 0 aliphatic carbocycles. The molecule has 9 nitrogen and oxygen atoms in total. The maximum absolute atomic E-state index is 12.4. The Balaban J connectivity index is 1.47. The van der Waals surface area contributed by atoms with E-state index in [-0.39, 0.29) is 18.7 Å². The van der Waals surface area contributed by atoms with Crippen molar-refractivity contribution in [3.8, 4) is 23.0 Å². The van der Waals surface area contributed by atoms with Crippen molar-refractivity contribution in [2.75, 3.05) is 13.7 Å². The zero-order valence-electron chi connectivity index (χ0n) is 19.0. The summed E-state index contributed by atoms with van der Waals surface area (Å²) in [7, 11) is 1.51. The van der Waals surface area contributed by atoms with Gasteiger partial charge in [-0.15, -0.1) is 10.2 Å². The molecule has 33 heavy (non-hydrogen) atoms. The number of carbonyl (C=O) groups is 2. The van der Waals surface area contributed by atoms with Gasteiger partial charge in [0.05, 0.1) is 13.7 Å². The molecule has 3 aromatic rings. The zero-order valence-corrected chi connectivity index (χ0v) is 19.0. The van der Waals surface area contributed by atoms with Crippen molar-refractivity contribution in [3.63, 3.8) is 0 Å². The maximum atomic E-state index is 12.4. The Morgan fingerprint density at radius 2 is 1.82 bits per heavy atom. The SMILES string of the molecule is COc1cc(C(=O)NNC(=O)CCc2nnc(-c3ccccc3)o2)ccc1OCCC(C)C. The van der Waals surface area contributed by atoms with Crippen LogP contribution in [0.25, 0.3) is 11.5 Å². The number of aromatic nitrogens is 2. The number of benzene rings is 2. The standard InChI is InChI=1S/C24H28N4O5/c1-16(2)13-14-32-19-10-9-18(15-20(19)31-3)23(30)27-25-21(29)11-12-22-26-28-24(33-22)17-7-5-4-6-8-17/h4-10,15-16H,11-14H2,1-3H3,(H,25,29)(H,27,30). The fourth-order valence-electron chi connectivity index (χ4n) is 2.87. The summed E-state index contributed by atoms with van der Waals surface area (Å²) in [5.74, 6) is 1.41. The predicted molar refractivity (Wildman–Crippen MR) is 122 cm³/mol. The minimum absolute atomic E-state index is 0.0721. The third-order valence-corrected chi connectivity index (χ3v) is 4.75. The Hall–Kier alpha value is -3.88. The Kier molecular flexibility index (Phi) is 8.40. The Morgan fingerprint density at radius 3 is 2.55 bits per heavy atom. The van der Waals surface area contributed by atoms with E-state index >= 15 is 0 Å². The molecule has 1 aromatic heterocycles. The zero-order chi connectivity index (χ0) is 23.6. The molecular formula is C24H28N4O5. The summed E-state index contributed by atoms with van der Waals surface area (Å²) in [5, 5.41) is 7.94. The highest BCUT2D eigenvalue weighted by Gasteiger charge is 2.14. The van der Waals surface area contributed by atoms with E-state index in [9.17, 15) is 9.59 Å². The molecule has 1 heterocycles. The lowest BCUT2D eigenvalue weighted by Gasteiger charge is -2.13. The van der Waals surface area contributed by atoms with Gasteiger partial charge in [-0.25, -0.2) is 0 Å². The van der Waals surface area contributed by atoms with Crippen molar-refractivity contribution < 1.29 is 23.5 Å². The van der Waals surface area contributed by atoms with E-state index in [0.29, 0.717) is 41.4 Å². The minimum Gasteiger partial charge on any atom is -0.493 e. The topological polar surface area (TPSA) is 116 Å². The third-order valence-electron chi connectivity index (χ3n) is 4.75. The molecule has 2 N–H and O–H groups in total. The van der Waals surface area contributed by atoms with Crippen LogP contribution < -0.4 is 20.3 Å². The van der Waals surface area contributed by atoms with Gasteiger partial charge in [0.1, 0.15) is 0 Å². The number of carbonyl (C=O) groups excluding carboxylic acids is 2. The number of nitrogens with zero attached hydrogens (tertiary/aromatic N) is 2. The maximum Gasteiger partial charge on any atom is 0.269 e. The lowest BCUT2D eigenvalue weighted by molar-refractivity contribution is -0.121. The van der Waals surface area contributed by atoms with Crippen LogP contribution in [0.15, 0.2) is 52.9 Å². The van der Waals surface area contributed by atoms with Gasteiger partial charge in [0.25, 0.3) is 5.91 Å². The van der Waals surface area contributed by atoms with E-state index < -0.39 is 5.91 Å². The first kappa shape index (κ1) is 23.8. The summed E-state index contributed by atoms with van der Waals surface area (Å²) >= 11 is 0. The van der Waals surface area contributed by atoms with E-state index in [1.807, 2.05) is 30.3 Å². The van der Waals surface area contributed by atoms with Gasteiger partial charge in [0.2, 0.25) is 17.7 Å². The van der Waals surface area contributed by atoms with E-state index in [4.69, 9.17) is 13.9 Å². The molecular weight excluding hydrogens is 424 g/mol. The fraction of sp³-hybridized carbons (Fsp3) is 0.333. The second-order valence-corrected chi connectivity index (χ2v) is 7.77. The smallest absolute Gasteiger partial charge is 0.269 e. The molecule has 2 aromatic carbocycles. The van der Waals surface area contributed by atoms with Gasteiger partial charge < -0.3 is 13.9 Å². The van der Waals surface area contributed by atoms with Crippen LogP contribution in [0.2, 0.25) is 0 Å². The van der Waals surface area contributed by atoms with Crippen LogP contribution in [0, 0.1) is 5.92 Å². The number of methoxy groups -OCH3 is 1. The monoisotopic (exact) mass is 452 g/mol. The number of amides is 2. The average Bonchev–Trinajstić information content (AvgIpc) is 3.31. The Labute approximate surface area is 192 Å². The minimum atomic E-state index is -0.473. The summed E-state index contributed by atoms with van der Waals surface area (Å²) < 4.78 is 16.6. The third kappa shape index (κ3) is 7.06. The first-order valence-corrected chi connectivity index (χ1v) is 10.7. The van der Waals surface area contributed by atoms with Crippen molar-refractivity contribution in [1.29, 1.82) is 0 Å². The molecule has 0 saturated carbocycles. The van der Waals surface area contributed by atoms with Gasteiger partial charge in [-0.2, -0.15) is 0 Å².